The van der Waals surface area contributed by atoms with Crippen molar-refractivity contribution in [2.24, 2.45) is 0 Å². The Hall–Kier alpha value is -1.15. The lowest BCUT2D eigenvalue weighted by molar-refractivity contribution is -0.113. The minimum Gasteiger partial charge on any atom is -0.379 e. The van der Waals surface area contributed by atoms with Gasteiger partial charge in [0.25, 0.3) is 0 Å². The maximum Gasteiger partial charge on any atom is 0.243 e. The quantitative estimate of drug-likeness (QED) is 0.836. The number of carbonyl (C=O) groups excluding carboxylic acids is 1. The van der Waals surface area contributed by atoms with Gasteiger partial charge in [-0.15, -0.1) is 11.6 Å². The van der Waals surface area contributed by atoms with E-state index in [0.717, 1.165) is 0 Å². The highest BCUT2D eigenvalue weighted by atomic mass is 35.5. The van der Waals surface area contributed by atoms with E-state index in [1.165, 1.54) is 28.6 Å². The molecule has 1 aromatic rings. The number of halogens is 1. The molecule has 1 N–H and O–H groups in total. The Balaban J connectivity index is 2.14. The summed E-state index contributed by atoms with van der Waals surface area (Å²) in [5.74, 6) is -0.483. The number of hydrogen-bond acceptors (Lipinski definition) is 4. The maximum absolute atomic E-state index is 12.3. The molecular weight excluding hydrogens is 304 g/mol. The van der Waals surface area contributed by atoms with Crippen LogP contribution in [0.25, 0.3) is 0 Å². The summed E-state index contributed by atoms with van der Waals surface area (Å²) in [6.45, 7) is 1.52. The fourth-order valence-corrected chi connectivity index (χ4v) is 3.32. The van der Waals surface area contributed by atoms with E-state index < -0.39 is 10.0 Å². The first-order valence-corrected chi connectivity index (χ1v) is 8.05. The molecule has 1 aliphatic heterocycles. The Morgan fingerprint density at radius 2 is 1.85 bits per heavy atom. The van der Waals surface area contributed by atoms with Crippen LogP contribution in [0.5, 0.6) is 0 Å². The summed E-state index contributed by atoms with van der Waals surface area (Å²) in [4.78, 5) is 11.3. The van der Waals surface area contributed by atoms with Gasteiger partial charge in [0.1, 0.15) is 5.88 Å². The van der Waals surface area contributed by atoms with Gasteiger partial charge < -0.3 is 10.1 Å². The van der Waals surface area contributed by atoms with Gasteiger partial charge in [0.05, 0.1) is 18.1 Å². The number of sulfonamides is 1. The molecule has 1 amide bonds. The third-order valence-electron chi connectivity index (χ3n) is 2.87. The second-order valence-electron chi connectivity index (χ2n) is 4.22. The van der Waals surface area contributed by atoms with Gasteiger partial charge in [-0.2, -0.15) is 4.31 Å². The van der Waals surface area contributed by atoms with Crippen molar-refractivity contribution in [2.45, 2.75) is 4.90 Å². The van der Waals surface area contributed by atoms with Crippen LogP contribution in [-0.2, 0) is 19.6 Å². The standard InChI is InChI=1S/C12H15ClN2O4S/c13-9-12(16)14-10-1-3-11(4-2-10)20(17,18)15-5-7-19-8-6-15/h1-4H,5-9H2,(H,14,16). The maximum atomic E-state index is 12.3. The average molecular weight is 319 g/mol. The summed E-state index contributed by atoms with van der Waals surface area (Å²) >= 11 is 5.38. The van der Waals surface area contributed by atoms with E-state index >= 15 is 0 Å². The highest BCUT2D eigenvalue weighted by molar-refractivity contribution is 7.89. The van der Waals surface area contributed by atoms with E-state index in [2.05, 4.69) is 5.32 Å². The van der Waals surface area contributed by atoms with Crippen LogP contribution in [-0.4, -0.2) is 50.8 Å². The monoisotopic (exact) mass is 318 g/mol. The number of alkyl halides is 1. The van der Waals surface area contributed by atoms with E-state index in [4.69, 9.17) is 16.3 Å². The lowest BCUT2D eigenvalue weighted by Crippen LogP contribution is -2.40. The topological polar surface area (TPSA) is 75.7 Å². The summed E-state index contributed by atoms with van der Waals surface area (Å²) < 4.78 is 31.2. The number of amides is 1. The van der Waals surface area contributed by atoms with Gasteiger partial charge in [-0.25, -0.2) is 8.42 Å². The van der Waals surface area contributed by atoms with Crippen LogP contribution in [0.15, 0.2) is 29.2 Å². The van der Waals surface area contributed by atoms with Crippen LogP contribution in [0.1, 0.15) is 0 Å². The molecule has 20 heavy (non-hydrogen) atoms. The van der Waals surface area contributed by atoms with Gasteiger partial charge in [-0.05, 0) is 24.3 Å². The SMILES string of the molecule is O=C(CCl)Nc1ccc(S(=O)(=O)N2CCOCC2)cc1. The molecule has 0 aromatic heterocycles. The molecule has 0 saturated carbocycles. The first kappa shape index (κ1) is 15.2. The molecular formula is C12H15ClN2O4S. The number of anilines is 1. The number of rotatable bonds is 4. The van der Waals surface area contributed by atoms with Crippen molar-refractivity contribution in [3.63, 3.8) is 0 Å². The molecule has 0 aliphatic carbocycles. The fraction of sp³-hybridized carbons (Fsp3) is 0.417. The van der Waals surface area contributed by atoms with Crippen LogP contribution in [0.2, 0.25) is 0 Å². The molecule has 110 valence electrons. The molecule has 2 rings (SSSR count). The molecule has 0 unspecified atom stereocenters. The van der Waals surface area contributed by atoms with Gasteiger partial charge >= 0.3 is 0 Å². The van der Waals surface area contributed by atoms with Crippen LogP contribution >= 0.6 is 11.6 Å². The first-order chi connectivity index (χ1) is 9.54. The Bertz CT molecular complexity index is 568. The average Bonchev–Trinajstić information content (AvgIpc) is 2.48. The number of nitrogens with zero attached hydrogens (tertiary/aromatic N) is 1. The van der Waals surface area contributed by atoms with Gasteiger partial charge in [0.15, 0.2) is 0 Å². The summed E-state index contributed by atoms with van der Waals surface area (Å²) in [6, 6.07) is 6.01. The van der Waals surface area contributed by atoms with E-state index in [0.29, 0.717) is 32.0 Å². The van der Waals surface area contributed by atoms with Crippen LogP contribution in [0.4, 0.5) is 5.69 Å². The second kappa shape index (κ2) is 6.53. The van der Waals surface area contributed by atoms with E-state index in [1.807, 2.05) is 0 Å². The zero-order chi connectivity index (χ0) is 14.6. The molecule has 1 aliphatic rings. The highest BCUT2D eigenvalue weighted by Crippen LogP contribution is 2.19. The normalized spacial score (nSPS) is 16.9. The predicted molar refractivity (Wildman–Crippen MR) is 75.4 cm³/mol. The first-order valence-electron chi connectivity index (χ1n) is 6.08. The van der Waals surface area contributed by atoms with Crippen molar-refractivity contribution in [1.82, 2.24) is 4.31 Å². The number of carbonyl (C=O) groups is 1. The third-order valence-corrected chi connectivity index (χ3v) is 5.02. The number of hydrogen-bond donors (Lipinski definition) is 1. The third kappa shape index (κ3) is 3.49. The van der Waals surface area contributed by atoms with Gasteiger partial charge in [-0.1, -0.05) is 0 Å². The van der Waals surface area contributed by atoms with Crippen molar-refractivity contribution in [2.75, 3.05) is 37.5 Å². The zero-order valence-corrected chi connectivity index (χ0v) is 12.3. The lowest BCUT2D eigenvalue weighted by Gasteiger charge is -2.26. The van der Waals surface area contributed by atoms with Crippen molar-refractivity contribution < 1.29 is 17.9 Å². The smallest absolute Gasteiger partial charge is 0.243 e. The number of ether oxygens (including phenoxy) is 1. The fourth-order valence-electron chi connectivity index (χ4n) is 1.84. The van der Waals surface area contributed by atoms with Crippen LogP contribution in [0.3, 0.4) is 0 Å². The Kier molecular flexibility index (Phi) is 4.98. The summed E-state index contributed by atoms with van der Waals surface area (Å²) in [5, 5.41) is 2.55. The summed E-state index contributed by atoms with van der Waals surface area (Å²) in [7, 11) is -3.50. The van der Waals surface area contributed by atoms with Gasteiger partial charge in [-0.3, -0.25) is 4.79 Å². The Morgan fingerprint density at radius 1 is 1.25 bits per heavy atom. The molecule has 8 heteroatoms. The largest absolute Gasteiger partial charge is 0.379 e. The molecule has 1 fully saturated rings. The molecule has 0 radical (unpaired) electrons. The Morgan fingerprint density at radius 3 is 2.40 bits per heavy atom. The number of morpholine rings is 1. The van der Waals surface area contributed by atoms with Crippen molar-refractivity contribution in [3.8, 4) is 0 Å². The molecule has 1 saturated heterocycles. The number of benzene rings is 1. The number of nitrogens with one attached hydrogen (secondary N) is 1. The Labute approximate surface area is 122 Å². The second-order valence-corrected chi connectivity index (χ2v) is 6.43. The highest BCUT2D eigenvalue weighted by Gasteiger charge is 2.26. The summed E-state index contributed by atoms with van der Waals surface area (Å²) in [5.41, 5.74) is 0.511. The molecule has 1 aromatic carbocycles. The van der Waals surface area contributed by atoms with E-state index in [-0.39, 0.29) is 16.7 Å². The summed E-state index contributed by atoms with van der Waals surface area (Å²) in [6.07, 6.45) is 0. The molecule has 1 heterocycles. The van der Waals surface area contributed by atoms with Crippen molar-refractivity contribution >= 4 is 33.2 Å². The van der Waals surface area contributed by atoms with Gasteiger partial charge in [0, 0.05) is 18.8 Å². The van der Waals surface area contributed by atoms with Crippen LogP contribution < -0.4 is 5.32 Å². The zero-order valence-electron chi connectivity index (χ0n) is 10.7. The minimum atomic E-state index is -3.50. The van der Waals surface area contributed by atoms with Crippen molar-refractivity contribution in [1.29, 1.82) is 0 Å². The molecule has 6 nitrogen and oxygen atoms in total. The van der Waals surface area contributed by atoms with Gasteiger partial charge in [0.2, 0.25) is 15.9 Å². The van der Waals surface area contributed by atoms with Crippen molar-refractivity contribution in [3.05, 3.63) is 24.3 Å². The van der Waals surface area contributed by atoms with E-state index in [9.17, 15) is 13.2 Å². The minimum absolute atomic E-state index is 0.145. The lowest BCUT2D eigenvalue weighted by atomic mass is 10.3. The predicted octanol–water partition coefficient (Wildman–Crippen LogP) is 0.885. The molecule has 0 bridgehead atoms. The molecule has 0 atom stereocenters. The van der Waals surface area contributed by atoms with Crippen LogP contribution in [0, 0.1) is 0 Å². The van der Waals surface area contributed by atoms with E-state index in [1.54, 1.807) is 0 Å². The molecule has 0 spiro atoms.